The van der Waals surface area contributed by atoms with Crippen molar-refractivity contribution in [3.05, 3.63) is 11.6 Å². The van der Waals surface area contributed by atoms with Gasteiger partial charge in [-0.2, -0.15) is 0 Å². The minimum atomic E-state index is -0.283. The standard InChI is InChI=1S/C26H38O5/c1-15(27)24-23(31-17(3)29)9-8-21-20-7-6-18-14-19(30-16(2)28)10-12-25(18,4)22(20)11-13-26(21,24)5/h6,19-24H,7-14H2,1-5H3/t19?,20?,21?,22?,23-,24+,25?,26+/m1/s1. The molecule has 0 heterocycles. The molecule has 31 heavy (non-hydrogen) atoms. The fourth-order valence-corrected chi connectivity index (χ4v) is 8.24. The predicted molar refractivity (Wildman–Crippen MR) is 117 cm³/mol. The van der Waals surface area contributed by atoms with E-state index in [1.54, 1.807) is 6.92 Å². The molecular formula is C26H38O5. The number of rotatable bonds is 3. The van der Waals surface area contributed by atoms with Crippen LogP contribution < -0.4 is 0 Å². The van der Waals surface area contributed by atoms with E-state index in [1.807, 2.05) is 0 Å². The molecule has 172 valence electrons. The third-order valence-electron chi connectivity index (χ3n) is 9.43. The summed E-state index contributed by atoms with van der Waals surface area (Å²) in [7, 11) is 0. The number of allylic oxidation sites excluding steroid dienone is 1. The van der Waals surface area contributed by atoms with Crippen LogP contribution in [0.25, 0.3) is 0 Å². The Morgan fingerprint density at radius 2 is 1.61 bits per heavy atom. The minimum Gasteiger partial charge on any atom is -0.462 e. The number of ether oxygens (including phenoxy) is 2. The molecule has 5 nitrogen and oxygen atoms in total. The fourth-order valence-electron chi connectivity index (χ4n) is 8.24. The van der Waals surface area contributed by atoms with Crippen molar-refractivity contribution in [1.29, 1.82) is 0 Å². The Bertz CT molecular complexity index is 800. The van der Waals surface area contributed by atoms with Gasteiger partial charge < -0.3 is 9.47 Å². The monoisotopic (exact) mass is 430 g/mol. The van der Waals surface area contributed by atoms with Crippen LogP contribution >= 0.6 is 0 Å². The summed E-state index contributed by atoms with van der Waals surface area (Å²) >= 11 is 0. The average molecular weight is 431 g/mol. The molecule has 0 saturated heterocycles. The maximum atomic E-state index is 12.8. The van der Waals surface area contributed by atoms with Gasteiger partial charge in [0.05, 0.1) is 5.92 Å². The maximum Gasteiger partial charge on any atom is 0.302 e. The molecule has 4 aliphatic carbocycles. The Hall–Kier alpha value is -1.65. The number of ketones is 1. The van der Waals surface area contributed by atoms with Gasteiger partial charge in [0, 0.05) is 20.3 Å². The normalized spacial score (nSPS) is 44.1. The Morgan fingerprint density at radius 1 is 0.903 bits per heavy atom. The van der Waals surface area contributed by atoms with Crippen molar-refractivity contribution in [3.8, 4) is 0 Å². The maximum absolute atomic E-state index is 12.8. The first-order valence-corrected chi connectivity index (χ1v) is 12.1. The first-order chi connectivity index (χ1) is 14.6. The summed E-state index contributed by atoms with van der Waals surface area (Å²) in [5, 5.41) is 0. The molecule has 5 heteroatoms. The highest BCUT2D eigenvalue weighted by molar-refractivity contribution is 5.80. The highest BCUT2D eigenvalue weighted by Crippen LogP contribution is 2.65. The molecule has 0 aromatic heterocycles. The molecule has 4 aliphatic rings. The van der Waals surface area contributed by atoms with Crippen LogP contribution in [0.3, 0.4) is 0 Å². The van der Waals surface area contributed by atoms with Crippen molar-refractivity contribution in [2.45, 2.75) is 98.2 Å². The molecule has 8 atom stereocenters. The summed E-state index contributed by atoms with van der Waals surface area (Å²) in [6.07, 6.45) is 10.0. The third-order valence-corrected chi connectivity index (χ3v) is 9.43. The van der Waals surface area contributed by atoms with E-state index in [9.17, 15) is 14.4 Å². The van der Waals surface area contributed by atoms with Gasteiger partial charge in [-0.1, -0.05) is 25.5 Å². The Labute approximate surface area is 186 Å². The number of esters is 2. The molecule has 3 fully saturated rings. The summed E-state index contributed by atoms with van der Waals surface area (Å²) in [4.78, 5) is 35.9. The molecule has 0 N–H and O–H groups in total. The second-order valence-corrected chi connectivity index (χ2v) is 11.1. The zero-order valence-electron chi connectivity index (χ0n) is 19.7. The van der Waals surface area contributed by atoms with E-state index in [1.165, 1.54) is 19.4 Å². The quantitative estimate of drug-likeness (QED) is 0.465. The summed E-state index contributed by atoms with van der Waals surface area (Å²) in [6.45, 7) is 9.34. The molecule has 0 aromatic carbocycles. The number of Topliss-reactive ketones (excluding diaryl/α,β-unsaturated/α-hetero) is 1. The van der Waals surface area contributed by atoms with E-state index >= 15 is 0 Å². The molecule has 3 saturated carbocycles. The zero-order valence-corrected chi connectivity index (χ0v) is 19.7. The summed E-state index contributed by atoms with van der Waals surface area (Å²) in [5.41, 5.74) is 1.54. The first-order valence-electron chi connectivity index (χ1n) is 12.1. The van der Waals surface area contributed by atoms with Crippen LogP contribution in [0.15, 0.2) is 11.6 Å². The Kier molecular flexibility index (Phi) is 5.85. The minimum absolute atomic E-state index is 0.0171. The van der Waals surface area contributed by atoms with E-state index in [4.69, 9.17) is 9.47 Å². The topological polar surface area (TPSA) is 69.7 Å². The lowest BCUT2D eigenvalue weighted by atomic mass is 9.43. The van der Waals surface area contributed by atoms with Crippen LogP contribution in [0, 0.1) is 34.5 Å². The van der Waals surface area contributed by atoms with E-state index in [0.29, 0.717) is 17.8 Å². The van der Waals surface area contributed by atoms with E-state index in [2.05, 4.69) is 19.9 Å². The zero-order chi connectivity index (χ0) is 22.6. The molecule has 0 bridgehead atoms. The summed E-state index contributed by atoms with van der Waals surface area (Å²) < 4.78 is 11.2. The van der Waals surface area contributed by atoms with Crippen molar-refractivity contribution in [1.82, 2.24) is 0 Å². The van der Waals surface area contributed by atoms with Crippen molar-refractivity contribution in [3.63, 3.8) is 0 Å². The van der Waals surface area contributed by atoms with Gasteiger partial charge in [0.25, 0.3) is 0 Å². The van der Waals surface area contributed by atoms with Crippen molar-refractivity contribution in [2.75, 3.05) is 0 Å². The van der Waals surface area contributed by atoms with Gasteiger partial charge in [0.1, 0.15) is 18.0 Å². The lowest BCUT2D eigenvalue weighted by molar-refractivity contribution is -0.175. The Balaban J connectivity index is 1.60. The van der Waals surface area contributed by atoms with Gasteiger partial charge in [-0.3, -0.25) is 14.4 Å². The first kappa shape index (κ1) is 22.5. The van der Waals surface area contributed by atoms with Crippen LogP contribution in [0.5, 0.6) is 0 Å². The van der Waals surface area contributed by atoms with Crippen molar-refractivity contribution >= 4 is 17.7 Å². The molecule has 4 rings (SSSR count). The lowest BCUT2D eigenvalue weighted by Gasteiger charge is -2.62. The molecule has 0 aromatic rings. The number of fused-ring (bicyclic) bond motifs is 5. The van der Waals surface area contributed by atoms with Gasteiger partial charge >= 0.3 is 11.9 Å². The highest BCUT2D eigenvalue weighted by atomic mass is 16.5. The smallest absolute Gasteiger partial charge is 0.302 e. The van der Waals surface area contributed by atoms with Crippen molar-refractivity contribution < 1.29 is 23.9 Å². The second kappa shape index (κ2) is 8.04. The molecular weight excluding hydrogens is 392 g/mol. The number of hydrogen-bond acceptors (Lipinski definition) is 5. The lowest BCUT2D eigenvalue weighted by Crippen LogP contribution is -2.58. The number of carbonyl (C=O) groups is 3. The predicted octanol–water partition coefficient (Wildman–Crippen LogP) is 5.02. The van der Waals surface area contributed by atoms with E-state index in [-0.39, 0.29) is 46.7 Å². The molecule has 0 radical (unpaired) electrons. The SMILES string of the molecule is CC(=O)OC1CCC2(C)C(=CCC3C2CC[C@@]2(C)C3CC[C@@H](OC(C)=O)[C@@H]2C(C)=O)C1. The Morgan fingerprint density at radius 3 is 2.26 bits per heavy atom. The van der Waals surface area contributed by atoms with E-state index < -0.39 is 0 Å². The van der Waals surface area contributed by atoms with Gasteiger partial charge in [-0.25, -0.2) is 0 Å². The van der Waals surface area contributed by atoms with Crippen LogP contribution in [0.2, 0.25) is 0 Å². The van der Waals surface area contributed by atoms with Crippen LogP contribution in [-0.4, -0.2) is 29.9 Å². The molecule has 0 amide bonds. The third kappa shape index (κ3) is 3.76. The second-order valence-electron chi connectivity index (χ2n) is 11.1. The summed E-state index contributed by atoms with van der Waals surface area (Å²) in [6, 6.07) is 0. The molecule has 0 aliphatic heterocycles. The van der Waals surface area contributed by atoms with Gasteiger partial charge in [-0.15, -0.1) is 0 Å². The largest absolute Gasteiger partial charge is 0.462 e. The average Bonchev–Trinajstić information content (AvgIpc) is 2.66. The fraction of sp³-hybridized carbons (Fsp3) is 0.808. The van der Waals surface area contributed by atoms with Crippen LogP contribution in [0.4, 0.5) is 0 Å². The van der Waals surface area contributed by atoms with Gasteiger partial charge in [0.2, 0.25) is 0 Å². The highest BCUT2D eigenvalue weighted by Gasteiger charge is 2.60. The number of hydrogen-bond donors (Lipinski definition) is 0. The van der Waals surface area contributed by atoms with Gasteiger partial charge in [0.15, 0.2) is 0 Å². The number of carbonyl (C=O) groups excluding carboxylic acids is 3. The van der Waals surface area contributed by atoms with Crippen molar-refractivity contribution in [2.24, 2.45) is 34.5 Å². The van der Waals surface area contributed by atoms with Crippen LogP contribution in [-0.2, 0) is 23.9 Å². The van der Waals surface area contributed by atoms with Crippen LogP contribution in [0.1, 0.15) is 86.0 Å². The van der Waals surface area contributed by atoms with E-state index in [0.717, 1.165) is 51.4 Å². The molecule has 5 unspecified atom stereocenters. The molecule has 0 spiro atoms. The summed E-state index contributed by atoms with van der Waals surface area (Å²) in [5.74, 6) is 1.16. The van der Waals surface area contributed by atoms with Gasteiger partial charge in [-0.05, 0) is 80.5 Å².